The number of aromatic nitrogens is 1. The highest BCUT2D eigenvalue weighted by Gasteiger charge is 2.26. The number of nitrogens with zero attached hydrogens (tertiary/aromatic N) is 2. The lowest BCUT2D eigenvalue weighted by Gasteiger charge is -2.31. The van der Waals surface area contributed by atoms with Crippen LogP contribution >= 0.6 is 11.9 Å². The minimum atomic E-state index is -0.872. The van der Waals surface area contributed by atoms with Gasteiger partial charge in [0.15, 0.2) is 0 Å². The molecule has 3 aromatic rings. The molecule has 0 fully saturated rings. The molecular formula is C32H39FN2O3S. The number of anilines is 1. The summed E-state index contributed by atoms with van der Waals surface area (Å²) in [5.41, 5.74) is 9.05. The fourth-order valence-electron chi connectivity index (χ4n) is 4.61. The first-order valence-electron chi connectivity index (χ1n) is 12.7. The van der Waals surface area contributed by atoms with E-state index in [-0.39, 0.29) is 12.2 Å². The van der Waals surface area contributed by atoms with Gasteiger partial charge in [0.05, 0.1) is 29.1 Å². The minimum absolute atomic E-state index is 0.0845. The number of aryl methyl sites for hydroxylation is 2. The van der Waals surface area contributed by atoms with Crippen LogP contribution in [-0.2, 0) is 24.1 Å². The molecule has 39 heavy (non-hydrogen) atoms. The van der Waals surface area contributed by atoms with Gasteiger partial charge in [-0.2, -0.15) is 0 Å². The summed E-state index contributed by atoms with van der Waals surface area (Å²) in [5, 5.41) is 18.2. The van der Waals surface area contributed by atoms with Gasteiger partial charge in [-0.25, -0.2) is 9.37 Å². The van der Waals surface area contributed by atoms with Crippen LogP contribution in [0.1, 0.15) is 59.8 Å². The van der Waals surface area contributed by atoms with Crippen molar-refractivity contribution in [3.05, 3.63) is 81.3 Å². The van der Waals surface area contributed by atoms with Crippen LogP contribution in [0.4, 0.5) is 10.1 Å². The number of hydrogen-bond acceptors (Lipinski definition) is 5. The fraction of sp³-hybridized carbons (Fsp3) is 0.375. The average Bonchev–Trinajstić information content (AvgIpc) is 2.83. The highest BCUT2D eigenvalue weighted by molar-refractivity contribution is 7.99. The maximum absolute atomic E-state index is 13.9. The molecular weight excluding hydrogens is 511 g/mol. The van der Waals surface area contributed by atoms with E-state index in [0.717, 1.165) is 62.4 Å². The molecule has 0 amide bonds. The van der Waals surface area contributed by atoms with Crippen LogP contribution in [0.25, 0.3) is 11.3 Å². The van der Waals surface area contributed by atoms with E-state index in [1.807, 2.05) is 45.2 Å². The smallest absolute Gasteiger partial charge is 0.307 e. The van der Waals surface area contributed by atoms with Gasteiger partial charge in [0, 0.05) is 24.8 Å². The number of rotatable bonds is 4. The summed E-state index contributed by atoms with van der Waals surface area (Å²) in [4.78, 5) is 16.9. The molecule has 0 spiro atoms. The van der Waals surface area contributed by atoms with E-state index >= 15 is 0 Å². The second-order valence-electron chi connectivity index (χ2n) is 10.5. The summed E-state index contributed by atoms with van der Waals surface area (Å²) in [6.45, 7) is 12.0. The van der Waals surface area contributed by atoms with Crippen LogP contribution in [0.15, 0.2) is 36.4 Å². The molecule has 0 saturated heterocycles. The number of pyridine rings is 1. The molecule has 2 aromatic carbocycles. The van der Waals surface area contributed by atoms with Gasteiger partial charge >= 0.3 is 5.97 Å². The highest BCUT2D eigenvalue weighted by atomic mass is 32.2. The van der Waals surface area contributed by atoms with Gasteiger partial charge in [-0.3, -0.25) is 4.79 Å². The number of benzene rings is 2. The maximum atomic E-state index is 13.9. The van der Waals surface area contributed by atoms with E-state index in [9.17, 15) is 14.3 Å². The number of hydrogen-bond donors (Lipinski definition) is 2. The first kappa shape index (κ1) is 31.9. The van der Waals surface area contributed by atoms with Gasteiger partial charge in [-0.15, -0.1) is 12.8 Å². The van der Waals surface area contributed by atoms with E-state index < -0.39 is 11.6 Å². The Kier molecular flexibility index (Phi) is 11.1. The molecule has 0 radical (unpaired) electrons. The first-order chi connectivity index (χ1) is 18.3. The monoisotopic (exact) mass is 550 g/mol. The second kappa shape index (κ2) is 13.6. The zero-order valence-corrected chi connectivity index (χ0v) is 24.7. The predicted molar refractivity (Wildman–Crippen MR) is 161 cm³/mol. The van der Waals surface area contributed by atoms with E-state index in [1.54, 1.807) is 38.8 Å². The molecule has 4 rings (SSSR count). The van der Waals surface area contributed by atoms with Gasteiger partial charge in [0.2, 0.25) is 0 Å². The zero-order chi connectivity index (χ0) is 29.5. The van der Waals surface area contributed by atoms with E-state index in [4.69, 9.17) is 10.1 Å². The molecule has 2 heterocycles. The molecule has 0 bridgehead atoms. The highest BCUT2D eigenvalue weighted by Crippen LogP contribution is 2.39. The van der Waals surface area contributed by atoms with Crippen LogP contribution in [0.3, 0.4) is 0 Å². The average molecular weight is 551 g/mol. The van der Waals surface area contributed by atoms with E-state index in [0.29, 0.717) is 13.0 Å². The topological polar surface area (TPSA) is 73.7 Å². The van der Waals surface area contributed by atoms with E-state index in [2.05, 4.69) is 23.2 Å². The quantitative estimate of drug-likeness (QED) is 0.278. The third-order valence-electron chi connectivity index (χ3n) is 6.16. The minimum Gasteiger partial charge on any atom is -0.481 e. The molecule has 0 unspecified atom stereocenters. The zero-order valence-electron chi connectivity index (χ0n) is 23.9. The van der Waals surface area contributed by atoms with Crippen molar-refractivity contribution in [2.24, 2.45) is 0 Å². The number of carboxylic acids is 1. The molecule has 7 heteroatoms. The number of aliphatic carboxylic acids is 1. The Morgan fingerprint density at radius 1 is 1.10 bits per heavy atom. The van der Waals surface area contributed by atoms with Crippen molar-refractivity contribution in [2.45, 2.75) is 66.4 Å². The third kappa shape index (κ3) is 8.58. The molecule has 1 aliphatic rings. The lowest BCUT2D eigenvalue weighted by molar-refractivity contribution is -0.136. The van der Waals surface area contributed by atoms with Crippen molar-refractivity contribution in [1.29, 1.82) is 0 Å². The molecule has 0 aliphatic carbocycles. The summed E-state index contributed by atoms with van der Waals surface area (Å²) < 4.78 is 16.1. The summed E-state index contributed by atoms with van der Waals surface area (Å²) in [6, 6.07) is 11.1. The van der Waals surface area contributed by atoms with Crippen molar-refractivity contribution in [1.82, 2.24) is 4.98 Å². The van der Waals surface area contributed by atoms with Gasteiger partial charge in [-0.1, -0.05) is 41.8 Å². The first-order valence-corrected chi connectivity index (χ1v) is 13.9. The molecule has 1 aromatic heterocycles. The Hall–Kier alpha value is -3.34. The van der Waals surface area contributed by atoms with Crippen molar-refractivity contribution in [3.8, 4) is 24.1 Å². The van der Waals surface area contributed by atoms with Crippen LogP contribution in [0.2, 0.25) is 0 Å². The Morgan fingerprint density at radius 3 is 2.31 bits per heavy atom. The number of carbonyl (C=O) groups is 1. The van der Waals surface area contributed by atoms with Crippen LogP contribution in [0.5, 0.6) is 0 Å². The van der Waals surface area contributed by atoms with Crippen molar-refractivity contribution in [2.75, 3.05) is 17.1 Å². The van der Waals surface area contributed by atoms with Crippen molar-refractivity contribution >= 4 is 23.6 Å². The number of aliphatic hydroxyl groups is 1. The van der Waals surface area contributed by atoms with Gasteiger partial charge in [0.1, 0.15) is 5.82 Å². The Labute approximate surface area is 236 Å². The lowest BCUT2D eigenvalue weighted by atomic mass is 9.91. The number of carboxylic acid groups (broad SMARTS) is 1. The standard InChI is InChI=1S/C26H27FN2O2S.C4H10O.C2H2/c1-15-5-8-21(16(2)11-15)25-22(14-24(30)31)17(3)26-23(28-25)13-18-6-7-20(27)12-19(18)9-10-29(26)32-4;1-4(2,3)5;1-2/h5-8,11-12H,9-10,13-14H2,1-4H3,(H,30,31);5H,1-3H3;1-2H. The van der Waals surface area contributed by atoms with Crippen molar-refractivity contribution in [3.63, 3.8) is 0 Å². The van der Waals surface area contributed by atoms with Crippen molar-refractivity contribution < 1.29 is 19.4 Å². The summed E-state index contributed by atoms with van der Waals surface area (Å²) >= 11 is 1.59. The molecule has 208 valence electrons. The number of halogens is 1. The van der Waals surface area contributed by atoms with Crippen LogP contribution < -0.4 is 4.31 Å². The Balaban J connectivity index is 0.000000686. The SMILES string of the molecule is C#C.CC(C)(C)O.CSN1CCc2cc(F)ccc2Cc2nc(-c3ccc(C)cc3C)c(CC(=O)O)c(C)c21. The lowest BCUT2D eigenvalue weighted by Crippen LogP contribution is -2.25. The molecule has 0 atom stereocenters. The molecule has 5 nitrogen and oxygen atoms in total. The predicted octanol–water partition coefficient (Wildman–Crippen LogP) is 6.70. The summed E-state index contributed by atoms with van der Waals surface area (Å²) in [7, 11) is 0. The molecule has 0 saturated carbocycles. The van der Waals surface area contributed by atoms with Crippen LogP contribution in [-0.4, -0.2) is 39.6 Å². The maximum Gasteiger partial charge on any atom is 0.307 e. The third-order valence-corrected chi connectivity index (χ3v) is 6.97. The Bertz CT molecular complexity index is 1340. The van der Waals surface area contributed by atoms with E-state index in [1.165, 1.54) is 6.07 Å². The molecule has 2 N–H and O–H groups in total. The van der Waals surface area contributed by atoms with Gasteiger partial charge in [-0.05, 0) is 87.9 Å². The summed E-state index contributed by atoms with van der Waals surface area (Å²) in [5.74, 6) is -1.10. The number of terminal acetylenes is 1. The molecule has 1 aliphatic heterocycles. The van der Waals surface area contributed by atoms with Gasteiger partial charge < -0.3 is 14.5 Å². The van der Waals surface area contributed by atoms with Gasteiger partial charge in [0.25, 0.3) is 0 Å². The second-order valence-corrected chi connectivity index (χ2v) is 11.3. The normalized spacial score (nSPS) is 12.4. The number of fused-ring (bicyclic) bond motifs is 2. The fourth-order valence-corrected chi connectivity index (χ4v) is 5.31. The summed E-state index contributed by atoms with van der Waals surface area (Å²) in [6.07, 6.45) is 11.2. The largest absolute Gasteiger partial charge is 0.481 e. The Morgan fingerprint density at radius 2 is 1.74 bits per heavy atom. The van der Waals surface area contributed by atoms with Crippen LogP contribution in [0, 0.1) is 39.4 Å².